The van der Waals surface area contributed by atoms with Gasteiger partial charge in [-0.3, -0.25) is 10.1 Å². The van der Waals surface area contributed by atoms with Crippen LogP contribution in [0.2, 0.25) is 0 Å². The maximum atomic E-state index is 11.0. The Morgan fingerprint density at radius 2 is 1.83 bits per heavy atom. The number of carboxylic acids is 1. The van der Waals surface area contributed by atoms with Crippen LogP contribution in [0.4, 0.5) is 0 Å². The van der Waals surface area contributed by atoms with E-state index in [4.69, 9.17) is 9.84 Å². The molecule has 0 amide bonds. The van der Waals surface area contributed by atoms with Crippen LogP contribution in [0.15, 0.2) is 42.5 Å². The first-order valence-corrected chi connectivity index (χ1v) is 8.53. The average molecular weight is 329 g/mol. The summed E-state index contributed by atoms with van der Waals surface area (Å²) in [5, 5.41) is 12.2. The van der Waals surface area contributed by atoms with E-state index in [0.29, 0.717) is 5.75 Å². The third-order valence-electron chi connectivity index (χ3n) is 3.98. The van der Waals surface area contributed by atoms with Crippen LogP contribution in [0.3, 0.4) is 0 Å². The molecule has 0 aliphatic carbocycles. The van der Waals surface area contributed by atoms with Gasteiger partial charge < -0.3 is 9.84 Å². The van der Waals surface area contributed by atoms with E-state index in [9.17, 15) is 4.79 Å². The Labute approximate surface area is 139 Å². The van der Waals surface area contributed by atoms with Gasteiger partial charge in [-0.1, -0.05) is 18.2 Å². The molecule has 3 rings (SSSR count). The second kappa shape index (κ2) is 6.64. The number of carboxylic acid groups (broad SMARTS) is 1. The second-order valence-corrected chi connectivity index (χ2v) is 6.83. The fraction of sp³-hybridized carbons (Fsp3) is 0.278. The first-order chi connectivity index (χ1) is 11.0. The third kappa shape index (κ3) is 3.68. The summed E-state index contributed by atoms with van der Waals surface area (Å²) in [5.74, 6) is 1.38. The van der Waals surface area contributed by atoms with Gasteiger partial charge in [0.15, 0.2) is 0 Å². The Morgan fingerprint density at radius 3 is 2.43 bits per heavy atom. The minimum Gasteiger partial charge on any atom is -0.480 e. The highest BCUT2D eigenvalue weighted by molar-refractivity contribution is 7.99. The van der Waals surface area contributed by atoms with Gasteiger partial charge in [-0.2, -0.15) is 0 Å². The third-order valence-corrected chi connectivity index (χ3v) is 5.24. The van der Waals surface area contributed by atoms with Crippen LogP contribution in [0.25, 0.3) is 0 Å². The second-order valence-electron chi connectivity index (χ2n) is 5.69. The average Bonchev–Trinajstić information content (AvgIpc) is 3.02. The quantitative estimate of drug-likeness (QED) is 0.891. The molecule has 0 saturated carbocycles. The van der Waals surface area contributed by atoms with Crippen molar-refractivity contribution in [2.24, 2.45) is 0 Å². The fourth-order valence-electron chi connectivity index (χ4n) is 2.43. The predicted molar refractivity (Wildman–Crippen MR) is 92.2 cm³/mol. The number of carbonyl (C=O) groups is 1. The van der Waals surface area contributed by atoms with Gasteiger partial charge in [-0.25, -0.2) is 0 Å². The fourth-order valence-corrected chi connectivity index (χ4v) is 3.66. The van der Waals surface area contributed by atoms with Crippen molar-refractivity contribution in [1.29, 1.82) is 0 Å². The molecule has 2 aromatic rings. The molecule has 1 heterocycles. The van der Waals surface area contributed by atoms with Crippen LogP contribution < -0.4 is 10.1 Å². The minimum absolute atomic E-state index is 0.0202. The van der Waals surface area contributed by atoms with E-state index in [1.807, 2.05) is 42.5 Å². The van der Waals surface area contributed by atoms with E-state index in [1.165, 1.54) is 11.1 Å². The molecule has 120 valence electrons. The van der Waals surface area contributed by atoms with E-state index in [0.717, 1.165) is 17.1 Å². The molecule has 2 N–H and O–H groups in total. The number of aliphatic carboxylic acids is 1. The first kappa shape index (κ1) is 15.9. The van der Waals surface area contributed by atoms with Gasteiger partial charge in [0, 0.05) is 5.75 Å². The van der Waals surface area contributed by atoms with E-state index >= 15 is 0 Å². The molecule has 2 atom stereocenters. The van der Waals surface area contributed by atoms with Gasteiger partial charge in [0.1, 0.15) is 17.5 Å². The molecule has 0 aromatic heterocycles. The monoisotopic (exact) mass is 329 g/mol. The van der Waals surface area contributed by atoms with Gasteiger partial charge in [0.2, 0.25) is 0 Å². The molecule has 0 radical (unpaired) electrons. The maximum absolute atomic E-state index is 11.0. The number of ether oxygens (including phenoxy) is 1. The maximum Gasteiger partial charge on any atom is 0.321 e. The molecule has 5 heteroatoms. The highest BCUT2D eigenvalue weighted by Crippen LogP contribution is 2.34. The number of aryl methyl sites for hydroxylation is 2. The number of hydrogen-bond donors (Lipinski definition) is 2. The minimum atomic E-state index is -0.797. The molecule has 0 bridgehead atoms. The Morgan fingerprint density at radius 1 is 1.13 bits per heavy atom. The zero-order valence-corrected chi connectivity index (χ0v) is 13.9. The molecule has 2 aromatic carbocycles. The summed E-state index contributed by atoms with van der Waals surface area (Å²) >= 11 is 1.61. The Balaban J connectivity index is 1.67. The SMILES string of the molecule is Cc1ccc(Oc2ccc(C3NC(C(=O)O)CS3)cc2)cc1C. The summed E-state index contributed by atoms with van der Waals surface area (Å²) in [6.45, 7) is 4.14. The van der Waals surface area contributed by atoms with Crippen molar-refractivity contribution in [3.05, 3.63) is 59.2 Å². The highest BCUT2D eigenvalue weighted by atomic mass is 32.2. The van der Waals surface area contributed by atoms with Gasteiger partial charge >= 0.3 is 5.97 Å². The van der Waals surface area contributed by atoms with Crippen molar-refractivity contribution in [2.75, 3.05) is 5.75 Å². The lowest BCUT2D eigenvalue weighted by Gasteiger charge is -2.13. The largest absolute Gasteiger partial charge is 0.480 e. The van der Waals surface area contributed by atoms with E-state index in [2.05, 4.69) is 19.2 Å². The first-order valence-electron chi connectivity index (χ1n) is 7.48. The van der Waals surface area contributed by atoms with Crippen molar-refractivity contribution in [1.82, 2.24) is 5.32 Å². The standard InChI is InChI=1S/C18H19NO3S/c1-11-3-6-15(9-12(11)2)22-14-7-4-13(5-8-14)17-19-16(10-23-17)18(20)21/h3-9,16-17,19H,10H2,1-2H3,(H,20,21). The zero-order chi connectivity index (χ0) is 16.4. The number of rotatable bonds is 4. The molecule has 1 aliphatic rings. The van der Waals surface area contributed by atoms with Crippen molar-refractivity contribution in [3.63, 3.8) is 0 Å². The molecule has 0 spiro atoms. The topological polar surface area (TPSA) is 58.6 Å². The summed E-state index contributed by atoms with van der Waals surface area (Å²) in [6.07, 6.45) is 0. The van der Waals surface area contributed by atoms with Crippen molar-refractivity contribution in [3.8, 4) is 11.5 Å². The predicted octanol–water partition coefficient (Wildman–Crippen LogP) is 3.88. The molecule has 1 aliphatic heterocycles. The lowest BCUT2D eigenvalue weighted by molar-refractivity contribution is -0.138. The molecular formula is C18H19NO3S. The summed E-state index contributed by atoms with van der Waals surface area (Å²) < 4.78 is 5.87. The number of thioether (sulfide) groups is 1. The van der Waals surface area contributed by atoms with Crippen LogP contribution in [-0.4, -0.2) is 22.9 Å². The smallest absolute Gasteiger partial charge is 0.321 e. The molecule has 2 unspecified atom stereocenters. The van der Waals surface area contributed by atoms with Gasteiger partial charge in [0.25, 0.3) is 0 Å². The van der Waals surface area contributed by atoms with Crippen molar-refractivity contribution in [2.45, 2.75) is 25.3 Å². The normalized spacial score (nSPS) is 20.4. The summed E-state index contributed by atoms with van der Waals surface area (Å²) in [7, 11) is 0. The van der Waals surface area contributed by atoms with Gasteiger partial charge in [-0.05, 0) is 54.8 Å². The molecule has 1 saturated heterocycles. The highest BCUT2D eigenvalue weighted by Gasteiger charge is 2.30. The Hall–Kier alpha value is -1.98. The molecule has 23 heavy (non-hydrogen) atoms. The van der Waals surface area contributed by atoms with Crippen LogP contribution >= 0.6 is 11.8 Å². The Bertz CT molecular complexity index is 715. The summed E-state index contributed by atoms with van der Waals surface area (Å²) in [4.78, 5) is 11.0. The van der Waals surface area contributed by atoms with Crippen LogP contribution in [-0.2, 0) is 4.79 Å². The number of benzene rings is 2. The van der Waals surface area contributed by atoms with Gasteiger partial charge in [0.05, 0.1) is 5.37 Å². The van der Waals surface area contributed by atoms with E-state index in [-0.39, 0.29) is 5.37 Å². The lowest BCUT2D eigenvalue weighted by atomic mass is 10.1. The number of hydrogen-bond acceptors (Lipinski definition) is 4. The lowest BCUT2D eigenvalue weighted by Crippen LogP contribution is -2.33. The molecule has 4 nitrogen and oxygen atoms in total. The Kier molecular flexibility index (Phi) is 4.59. The van der Waals surface area contributed by atoms with Crippen LogP contribution in [0.1, 0.15) is 22.1 Å². The summed E-state index contributed by atoms with van der Waals surface area (Å²) in [6, 6.07) is 13.3. The molecule has 1 fully saturated rings. The van der Waals surface area contributed by atoms with Gasteiger partial charge in [-0.15, -0.1) is 11.8 Å². The van der Waals surface area contributed by atoms with Crippen LogP contribution in [0.5, 0.6) is 11.5 Å². The zero-order valence-electron chi connectivity index (χ0n) is 13.1. The van der Waals surface area contributed by atoms with E-state index in [1.54, 1.807) is 11.8 Å². The van der Waals surface area contributed by atoms with Crippen molar-refractivity contribution >= 4 is 17.7 Å². The van der Waals surface area contributed by atoms with Crippen molar-refractivity contribution < 1.29 is 14.6 Å². The summed E-state index contributed by atoms with van der Waals surface area (Å²) in [5.41, 5.74) is 3.50. The van der Waals surface area contributed by atoms with E-state index < -0.39 is 12.0 Å². The molecular weight excluding hydrogens is 310 g/mol. The number of nitrogens with one attached hydrogen (secondary N) is 1. The van der Waals surface area contributed by atoms with Crippen LogP contribution in [0, 0.1) is 13.8 Å².